The van der Waals surface area contributed by atoms with E-state index in [0.717, 1.165) is 31.8 Å². The molecule has 2 aromatic carbocycles. The Morgan fingerprint density at radius 3 is 2.28 bits per heavy atom. The zero-order valence-electron chi connectivity index (χ0n) is 21.5. The number of likely N-dealkylation sites (tertiary alicyclic amines) is 2. The van der Waals surface area contributed by atoms with Crippen molar-refractivity contribution in [2.75, 3.05) is 44.6 Å². The van der Waals surface area contributed by atoms with Crippen molar-refractivity contribution in [3.63, 3.8) is 0 Å². The maximum absolute atomic E-state index is 12.9. The van der Waals surface area contributed by atoms with Gasteiger partial charge in [0.15, 0.2) is 0 Å². The van der Waals surface area contributed by atoms with Crippen molar-refractivity contribution in [1.82, 2.24) is 15.1 Å². The minimum Gasteiger partial charge on any atom is -0.492 e. The van der Waals surface area contributed by atoms with E-state index in [0.29, 0.717) is 37.3 Å². The summed E-state index contributed by atoms with van der Waals surface area (Å²) in [5.41, 5.74) is 0.679. The third-order valence-corrected chi connectivity index (χ3v) is 6.74. The molecule has 3 N–H and O–H groups in total. The average Bonchev–Trinajstić information content (AvgIpc) is 3.34. The van der Waals surface area contributed by atoms with E-state index in [1.54, 1.807) is 24.3 Å². The van der Waals surface area contributed by atoms with Crippen molar-refractivity contribution in [2.24, 2.45) is 0 Å². The Morgan fingerprint density at radius 2 is 1.62 bits per heavy atom. The lowest BCUT2D eigenvalue weighted by molar-refractivity contribution is -0.274. The van der Waals surface area contributed by atoms with Gasteiger partial charge in [0.1, 0.15) is 18.1 Å². The lowest BCUT2D eigenvalue weighted by atomic mass is 10.1. The van der Waals surface area contributed by atoms with Gasteiger partial charge in [-0.3, -0.25) is 9.69 Å². The number of nitrogens with zero attached hydrogens (tertiary/aromatic N) is 2. The first-order valence-corrected chi connectivity index (χ1v) is 13.0. The lowest BCUT2D eigenvalue weighted by Gasteiger charge is -2.27. The molecule has 2 atom stereocenters. The second-order valence-corrected chi connectivity index (χ2v) is 9.66. The molecule has 212 valence electrons. The molecule has 12 heteroatoms. The van der Waals surface area contributed by atoms with Crippen molar-refractivity contribution >= 4 is 17.6 Å². The predicted molar refractivity (Wildman–Crippen MR) is 138 cm³/mol. The van der Waals surface area contributed by atoms with Gasteiger partial charge in [-0.2, -0.15) is 0 Å². The number of aliphatic hydroxyl groups is 1. The normalized spacial score (nSPS) is 20.3. The summed E-state index contributed by atoms with van der Waals surface area (Å²) in [5.74, 6) is -0.117. The zero-order chi connectivity index (χ0) is 27.8. The molecule has 0 unspecified atom stereocenters. The maximum atomic E-state index is 12.9. The van der Waals surface area contributed by atoms with Crippen LogP contribution in [0.1, 0.15) is 36.0 Å². The molecule has 2 saturated heterocycles. The number of benzene rings is 2. The van der Waals surface area contributed by atoms with Gasteiger partial charge in [-0.15, -0.1) is 13.2 Å². The third kappa shape index (κ3) is 8.75. The highest BCUT2D eigenvalue weighted by molar-refractivity contribution is 5.94. The summed E-state index contributed by atoms with van der Waals surface area (Å²) in [6, 6.07) is 10.4. The number of amides is 3. The molecule has 0 saturated carbocycles. The van der Waals surface area contributed by atoms with Crippen LogP contribution >= 0.6 is 0 Å². The Balaban J connectivity index is 1.29. The van der Waals surface area contributed by atoms with E-state index in [2.05, 4.69) is 20.3 Å². The number of alkyl halides is 3. The monoisotopic (exact) mass is 550 g/mol. The van der Waals surface area contributed by atoms with Crippen LogP contribution in [0.4, 0.5) is 23.7 Å². The van der Waals surface area contributed by atoms with Gasteiger partial charge in [0.05, 0.1) is 12.1 Å². The number of halogens is 3. The van der Waals surface area contributed by atoms with Crippen LogP contribution in [0.5, 0.6) is 11.5 Å². The number of urea groups is 1. The molecule has 9 nitrogen and oxygen atoms in total. The number of aliphatic hydroxyl groups excluding tert-OH is 1. The standard InChI is InChI=1S/C27H33F3N4O5/c28-27(29,30)39-22-11-7-20(8-12-22)31-26(37)34-15-3-4-24(35)23(18-34)32-25(36)19-5-9-21(10-6-19)38-17-16-33-13-1-2-14-33/h5-12,23-24,35H,1-4,13-18H2,(H,31,37)(H,32,36)/t23-,24-/m1/s1. The molecule has 0 bridgehead atoms. The molecule has 39 heavy (non-hydrogen) atoms. The van der Waals surface area contributed by atoms with Gasteiger partial charge < -0.3 is 30.1 Å². The van der Waals surface area contributed by atoms with Crippen molar-refractivity contribution in [1.29, 1.82) is 0 Å². The van der Waals surface area contributed by atoms with E-state index in [4.69, 9.17) is 4.74 Å². The van der Waals surface area contributed by atoms with Crippen molar-refractivity contribution in [2.45, 2.75) is 44.2 Å². The fourth-order valence-electron chi connectivity index (χ4n) is 4.66. The molecule has 2 aliphatic heterocycles. The van der Waals surface area contributed by atoms with E-state index < -0.39 is 30.3 Å². The Kier molecular flexibility index (Phi) is 9.52. The van der Waals surface area contributed by atoms with Crippen LogP contribution in [0.2, 0.25) is 0 Å². The number of carbonyl (C=O) groups excluding carboxylic acids is 2. The molecule has 0 radical (unpaired) electrons. The molecule has 0 spiro atoms. The van der Waals surface area contributed by atoms with Crippen LogP contribution < -0.4 is 20.1 Å². The predicted octanol–water partition coefficient (Wildman–Crippen LogP) is 3.85. The molecule has 0 aromatic heterocycles. The van der Waals surface area contributed by atoms with Crippen LogP contribution in [0.25, 0.3) is 0 Å². The Labute approximate surface area is 224 Å². The molecular weight excluding hydrogens is 517 g/mol. The summed E-state index contributed by atoms with van der Waals surface area (Å²) in [7, 11) is 0. The second kappa shape index (κ2) is 13.0. The summed E-state index contributed by atoms with van der Waals surface area (Å²) in [4.78, 5) is 29.5. The summed E-state index contributed by atoms with van der Waals surface area (Å²) < 4.78 is 46.7. The summed E-state index contributed by atoms with van der Waals surface area (Å²) >= 11 is 0. The van der Waals surface area contributed by atoms with Gasteiger partial charge in [0.25, 0.3) is 5.91 Å². The highest BCUT2D eigenvalue weighted by Gasteiger charge is 2.31. The van der Waals surface area contributed by atoms with E-state index >= 15 is 0 Å². The first-order chi connectivity index (χ1) is 18.7. The summed E-state index contributed by atoms with van der Waals surface area (Å²) in [6.45, 7) is 4.04. The van der Waals surface area contributed by atoms with Crippen LogP contribution in [0.15, 0.2) is 48.5 Å². The van der Waals surface area contributed by atoms with E-state index in [-0.39, 0.29) is 18.1 Å². The number of ether oxygens (including phenoxy) is 2. The Hall–Kier alpha value is -3.51. The van der Waals surface area contributed by atoms with Gasteiger partial charge in [0, 0.05) is 30.9 Å². The minimum atomic E-state index is -4.81. The highest BCUT2D eigenvalue weighted by atomic mass is 19.4. The highest BCUT2D eigenvalue weighted by Crippen LogP contribution is 2.24. The molecule has 2 aliphatic rings. The topological polar surface area (TPSA) is 103 Å². The first-order valence-electron chi connectivity index (χ1n) is 13.0. The third-order valence-electron chi connectivity index (χ3n) is 6.74. The van der Waals surface area contributed by atoms with Gasteiger partial charge >= 0.3 is 12.4 Å². The van der Waals surface area contributed by atoms with Crippen molar-refractivity contribution in [3.8, 4) is 11.5 Å². The molecule has 0 aliphatic carbocycles. The van der Waals surface area contributed by atoms with E-state index in [1.807, 2.05) is 0 Å². The average molecular weight is 551 g/mol. The van der Waals surface area contributed by atoms with Crippen LogP contribution in [-0.4, -0.2) is 84.7 Å². The van der Waals surface area contributed by atoms with Gasteiger partial charge in [-0.25, -0.2) is 4.79 Å². The van der Waals surface area contributed by atoms with Crippen LogP contribution in [0.3, 0.4) is 0 Å². The van der Waals surface area contributed by atoms with Gasteiger partial charge in [-0.1, -0.05) is 0 Å². The zero-order valence-corrected chi connectivity index (χ0v) is 21.5. The molecule has 2 aromatic rings. The Morgan fingerprint density at radius 1 is 0.949 bits per heavy atom. The lowest BCUT2D eigenvalue weighted by Crippen LogP contribution is -2.50. The molecule has 4 rings (SSSR count). The van der Waals surface area contributed by atoms with Crippen LogP contribution in [-0.2, 0) is 0 Å². The molecule has 2 fully saturated rings. The number of carbonyl (C=O) groups is 2. The minimum absolute atomic E-state index is 0.0612. The van der Waals surface area contributed by atoms with Crippen LogP contribution in [0, 0.1) is 0 Å². The largest absolute Gasteiger partial charge is 0.573 e. The van der Waals surface area contributed by atoms with E-state index in [9.17, 15) is 27.9 Å². The SMILES string of the molecule is O=C(N[C@@H]1CN(C(=O)Nc2ccc(OC(F)(F)F)cc2)CCC[C@H]1O)c1ccc(OCCN2CCCC2)cc1. The van der Waals surface area contributed by atoms with E-state index in [1.165, 1.54) is 29.9 Å². The van der Waals surface area contributed by atoms with Gasteiger partial charge in [0.2, 0.25) is 0 Å². The fourth-order valence-corrected chi connectivity index (χ4v) is 4.66. The second-order valence-electron chi connectivity index (χ2n) is 9.66. The number of rotatable bonds is 8. The fraction of sp³-hybridized carbons (Fsp3) is 0.481. The number of anilines is 1. The maximum Gasteiger partial charge on any atom is 0.573 e. The number of hydrogen-bond donors (Lipinski definition) is 3. The Bertz CT molecular complexity index is 1090. The number of nitrogens with one attached hydrogen (secondary N) is 2. The number of hydrogen-bond acceptors (Lipinski definition) is 6. The molecule has 2 heterocycles. The quantitative estimate of drug-likeness (QED) is 0.462. The summed E-state index contributed by atoms with van der Waals surface area (Å²) in [6.07, 6.45) is -2.30. The first kappa shape index (κ1) is 28.5. The molecular formula is C27H33F3N4O5. The van der Waals surface area contributed by atoms with Crippen molar-refractivity contribution in [3.05, 3.63) is 54.1 Å². The summed E-state index contributed by atoms with van der Waals surface area (Å²) in [5, 5.41) is 16.0. The van der Waals surface area contributed by atoms with Gasteiger partial charge in [-0.05, 0) is 87.3 Å². The van der Waals surface area contributed by atoms with Crippen molar-refractivity contribution < 1.29 is 37.3 Å². The molecule has 3 amide bonds. The smallest absolute Gasteiger partial charge is 0.492 e.